The van der Waals surface area contributed by atoms with Crippen molar-refractivity contribution in [3.63, 3.8) is 0 Å². The highest BCUT2D eigenvalue weighted by atomic mass is 19.4. The second-order valence-corrected chi connectivity index (χ2v) is 14.2. The van der Waals surface area contributed by atoms with Crippen molar-refractivity contribution in [1.82, 2.24) is 20.4 Å². The van der Waals surface area contributed by atoms with E-state index in [0.29, 0.717) is 27.8 Å². The van der Waals surface area contributed by atoms with Gasteiger partial charge in [-0.3, -0.25) is 24.0 Å². The summed E-state index contributed by atoms with van der Waals surface area (Å²) >= 11 is 0. The van der Waals surface area contributed by atoms with E-state index in [1.807, 2.05) is 0 Å². The molecule has 2 aliphatic heterocycles. The maximum atomic E-state index is 14.9. The first-order valence-corrected chi connectivity index (χ1v) is 18.2. The fraction of sp³-hybridized carbons (Fsp3) is 0.447. The van der Waals surface area contributed by atoms with Crippen LogP contribution < -0.4 is 21.3 Å². The first-order valence-electron chi connectivity index (χ1n) is 18.9. The Labute approximate surface area is 351 Å². The standard InChI is InChI=1S/C19H22FN3O6.C15H14FN3O6.C2HF3O.C2H6/c1-18(2,3)28-13(24)9-23-15(25)19(29-17(23)27)6-5-10-7-11(22-16(26)21-4)8-12(20)14(10)19;1-17-13(23)18-8-4-7-2-3-15(11(7)9(16)5-8)12(22)19(6-10(20)21)14(24)25-15;3-2(4,5)1-6;1-2/h7-8H,5-6,9H2,1-4H3,(H2,21,22,26);4-5H,2-3,6H2,1H3,(H,20,21)(H2,17,18,23);1H;1-2H3/t19-;15-;;/m11../s1/i;;;1D. The lowest BCUT2D eigenvalue weighted by Crippen LogP contribution is -2.41. The molecule has 2 spiro atoms. The number of nitrogens with one attached hydrogen (secondary N) is 4. The largest absolute Gasteiger partial charge is 0.480 e. The molecule has 6 rings (SSSR count). The number of carboxylic acid groups (broad SMARTS) is 1. The Kier molecular flexibility index (Phi) is 14.8. The van der Waals surface area contributed by atoms with Gasteiger partial charge >= 0.3 is 42.4 Å². The number of alkyl halides is 3. The van der Waals surface area contributed by atoms with Crippen LogP contribution in [0.2, 0.25) is 0 Å². The number of amides is 8. The second kappa shape index (κ2) is 19.2. The number of rotatable bonds is 6. The maximum Gasteiger partial charge on any atom is 0.446 e. The summed E-state index contributed by atoms with van der Waals surface area (Å²) in [6, 6.07) is 4.02. The van der Waals surface area contributed by atoms with Crippen molar-refractivity contribution in [2.24, 2.45) is 0 Å². The minimum atomic E-state index is -4.64. The second-order valence-electron chi connectivity index (χ2n) is 14.2. The number of benzene rings is 2. The average molecular weight is 888 g/mol. The Bertz CT molecular complexity index is 2190. The van der Waals surface area contributed by atoms with E-state index in [1.165, 1.54) is 26.2 Å². The Balaban J connectivity index is 0.000000283. The molecule has 338 valence electrons. The summed E-state index contributed by atoms with van der Waals surface area (Å²) in [5, 5.41) is 18.4. The van der Waals surface area contributed by atoms with E-state index in [1.54, 1.807) is 27.7 Å². The quantitative estimate of drug-likeness (QED) is 0.115. The van der Waals surface area contributed by atoms with E-state index in [9.17, 15) is 60.3 Å². The Hall–Kier alpha value is -6.88. The van der Waals surface area contributed by atoms with E-state index in [2.05, 4.69) is 21.3 Å². The smallest absolute Gasteiger partial charge is 0.446 e. The van der Waals surface area contributed by atoms with Crippen LogP contribution in [0, 0.1) is 11.6 Å². The highest BCUT2D eigenvalue weighted by molar-refractivity contribution is 6.07. The molecule has 2 aliphatic carbocycles. The van der Waals surface area contributed by atoms with Gasteiger partial charge in [0.2, 0.25) is 17.5 Å². The van der Waals surface area contributed by atoms with Crippen molar-refractivity contribution in [2.45, 2.75) is 83.3 Å². The summed E-state index contributed by atoms with van der Waals surface area (Å²) in [5.74, 6) is -5.47. The third-order valence-electron chi connectivity index (χ3n) is 8.89. The van der Waals surface area contributed by atoms with Crippen molar-refractivity contribution in [2.75, 3.05) is 37.8 Å². The topological polar surface area (TPSA) is 256 Å². The molecule has 0 bridgehead atoms. The molecule has 4 aliphatic rings. The molecule has 0 saturated carbocycles. The van der Waals surface area contributed by atoms with E-state index < -0.39 is 102 Å². The van der Waals surface area contributed by atoms with Crippen LogP contribution in [0.4, 0.5) is 52.5 Å². The highest BCUT2D eigenvalue weighted by Gasteiger charge is 2.61. The number of esters is 1. The first kappa shape index (κ1) is 47.8. The molecule has 2 aromatic carbocycles. The van der Waals surface area contributed by atoms with Gasteiger partial charge in [0.15, 0.2) is 0 Å². The zero-order valence-electron chi connectivity index (χ0n) is 35.0. The van der Waals surface area contributed by atoms with Crippen LogP contribution in [-0.4, -0.2) is 108 Å². The SMILES string of the molecule is CNC(=O)Nc1cc(F)c2c(c1)CC[C@@]21OC(=O)N(CC(=O)O)C1=O.CNC(=O)Nc1cc(F)c2c(c1)CC[C@@]21OC(=O)N(CC(=O)OC(C)(C)C)C1=O.O=CC(F)(F)F.[2H]CC. The van der Waals surface area contributed by atoms with Crippen LogP contribution >= 0.6 is 0 Å². The van der Waals surface area contributed by atoms with Gasteiger partial charge in [0, 0.05) is 50.8 Å². The molecule has 0 radical (unpaired) electrons. The average Bonchev–Trinajstić information content (AvgIpc) is 3.87. The van der Waals surface area contributed by atoms with Crippen molar-refractivity contribution in [3.05, 3.63) is 58.2 Å². The van der Waals surface area contributed by atoms with Crippen molar-refractivity contribution < 1.29 is 85.8 Å². The number of aliphatic carboxylic acids is 1. The number of ether oxygens (including phenoxy) is 3. The molecule has 2 fully saturated rings. The maximum absolute atomic E-state index is 14.9. The van der Waals surface area contributed by atoms with Gasteiger partial charge in [-0.1, -0.05) is 13.8 Å². The van der Waals surface area contributed by atoms with E-state index >= 15 is 0 Å². The zero-order valence-corrected chi connectivity index (χ0v) is 34.0. The minimum Gasteiger partial charge on any atom is -0.480 e. The first-order chi connectivity index (χ1) is 29.2. The number of urea groups is 2. The number of carbonyl (C=O) groups is 9. The van der Waals surface area contributed by atoms with Crippen LogP contribution in [0.25, 0.3) is 0 Å². The molecular formula is C38H43F5N6O13. The number of nitrogens with zero attached hydrogens (tertiary/aromatic N) is 2. The molecule has 0 aromatic heterocycles. The number of aldehydes is 1. The van der Waals surface area contributed by atoms with Gasteiger partial charge in [-0.15, -0.1) is 0 Å². The molecule has 5 N–H and O–H groups in total. The number of carboxylic acids is 1. The van der Waals surface area contributed by atoms with Gasteiger partial charge in [0.05, 0.1) is 0 Å². The lowest BCUT2D eigenvalue weighted by molar-refractivity contribution is -0.157. The van der Waals surface area contributed by atoms with Gasteiger partial charge in [0.1, 0.15) is 30.3 Å². The van der Waals surface area contributed by atoms with Crippen LogP contribution in [-0.2, 0) is 62.2 Å². The lowest BCUT2D eigenvalue weighted by atomic mass is 9.94. The highest BCUT2D eigenvalue weighted by Crippen LogP contribution is 2.48. The number of anilines is 2. The normalized spacial score (nSPS) is 19.6. The summed E-state index contributed by atoms with van der Waals surface area (Å²) in [6.45, 7) is 5.78. The molecule has 2 heterocycles. The fourth-order valence-corrected chi connectivity index (χ4v) is 6.67. The number of halogens is 5. The summed E-state index contributed by atoms with van der Waals surface area (Å²) in [7, 11) is 2.83. The fourth-order valence-electron chi connectivity index (χ4n) is 6.67. The lowest BCUT2D eigenvalue weighted by Gasteiger charge is -2.22. The summed E-state index contributed by atoms with van der Waals surface area (Å²) < 4.78 is 82.6. The van der Waals surface area contributed by atoms with Crippen LogP contribution in [0.1, 0.15) is 71.1 Å². The van der Waals surface area contributed by atoms with Crippen molar-refractivity contribution in [3.8, 4) is 0 Å². The molecule has 2 aromatic rings. The molecular weight excluding hydrogens is 843 g/mol. The third kappa shape index (κ3) is 10.9. The minimum absolute atomic E-state index is 0.00335. The predicted molar refractivity (Wildman–Crippen MR) is 202 cm³/mol. The van der Waals surface area contributed by atoms with E-state index in [0.717, 1.165) is 12.1 Å². The van der Waals surface area contributed by atoms with Gasteiger partial charge in [-0.25, -0.2) is 37.8 Å². The summed E-state index contributed by atoms with van der Waals surface area (Å²) in [5.41, 5.74) is -3.36. The van der Waals surface area contributed by atoms with E-state index in [4.69, 9.17) is 25.5 Å². The third-order valence-corrected chi connectivity index (χ3v) is 8.89. The molecule has 0 unspecified atom stereocenters. The van der Waals surface area contributed by atoms with Crippen LogP contribution in [0.3, 0.4) is 0 Å². The number of hydrogen-bond donors (Lipinski definition) is 5. The number of imide groups is 2. The number of fused-ring (bicyclic) bond motifs is 4. The van der Waals surface area contributed by atoms with Gasteiger partial charge < -0.3 is 40.6 Å². The molecule has 19 nitrogen and oxygen atoms in total. The van der Waals surface area contributed by atoms with Gasteiger partial charge in [0.25, 0.3) is 11.8 Å². The van der Waals surface area contributed by atoms with Crippen LogP contribution in [0.15, 0.2) is 24.3 Å². The van der Waals surface area contributed by atoms with Gasteiger partial charge in [-0.05, 0) is 69.0 Å². The molecule has 24 heteroatoms. The number of hydrogen-bond acceptors (Lipinski definition) is 12. The van der Waals surface area contributed by atoms with Crippen molar-refractivity contribution in [1.29, 1.82) is 0 Å². The predicted octanol–water partition coefficient (Wildman–Crippen LogP) is 4.59. The molecule has 2 saturated heterocycles. The number of carbonyl (C=O) groups excluding carboxylic acids is 8. The molecule has 62 heavy (non-hydrogen) atoms. The summed E-state index contributed by atoms with van der Waals surface area (Å²) in [6.07, 6.45) is -7.31. The van der Waals surface area contributed by atoms with Crippen LogP contribution in [0.5, 0.6) is 0 Å². The van der Waals surface area contributed by atoms with Gasteiger partial charge in [-0.2, -0.15) is 13.2 Å². The zero-order chi connectivity index (χ0) is 47.8. The van der Waals surface area contributed by atoms with Crippen molar-refractivity contribution >= 4 is 65.7 Å². The molecule has 2 atom stereocenters. The molecule has 8 amide bonds. The summed E-state index contributed by atoms with van der Waals surface area (Å²) in [4.78, 5) is 105. The Morgan fingerprint density at radius 1 is 0.806 bits per heavy atom. The Morgan fingerprint density at radius 3 is 1.50 bits per heavy atom. The van der Waals surface area contributed by atoms with E-state index in [-0.39, 0.29) is 48.2 Å². The monoisotopic (exact) mass is 887 g/mol. The number of aryl methyl sites for hydroxylation is 2. The Morgan fingerprint density at radius 2 is 1.18 bits per heavy atom.